The molecule has 1 fully saturated rings. The van der Waals surface area contributed by atoms with Crippen LogP contribution < -0.4 is 10.6 Å². The summed E-state index contributed by atoms with van der Waals surface area (Å²) in [7, 11) is 0. The zero-order valence-corrected chi connectivity index (χ0v) is 17.3. The Bertz CT molecular complexity index is 716. The number of rotatable bonds is 4. The lowest BCUT2D eigenvalue weighted by Gasteiger charge is -2.35. The summed E-state index contributed by atoms with van der Waals surface area (Å²) in [5.74, 6) is 0.725. The van der Waals surface area contributed by atoms with Crippen LogP contribution in [0.2, 0.25) is 0 Å². The topological polar surface area (TPSA) is 89.8 Å². The van der Waals surface area contributed by atoms with E-state index in [0.29, 0.717) is 25.2 Å². The molecular formula is C21H31N5O2. The molecule has 1 aromatic rings. The molecule has 1 heterocycles. The molecule has 2 rings (SSSR count). The minimum Gasteiger partial charge on any atom is -0.444 e. The fourth-order valence-electron chi connectivity index (χ4n) is 2.96. The normalized spacial score (nSPS) is 17.6. The highest BCUT2D eigenvalue weighted by atomic mass is 16.6. The molecule has 1 aromatic carbocycles. The van der Waals surface area contributed by atoms with E-state index in [0.717, 1.165) is 30.9 Å². The maximum atomic E-state index is 12.3. The number of nitriles is 1. The first-order valence-corrected chi connectivity index (χ1v) is 9.82. The fourth-order valence-corrected chi connectivity index (χ4v) is 2.96. The molecule has 1 saturated heterocycles. The molecule has 1 unspecified atom stereocenters. The van der Waals surface area contributed by atoms with E-state index in [9.17, 15) is 4.79 Å². The quantitative estimate of drug-likeness (QED) is 0.614. The number of amides is 1. The highest BCUT2D eigenvalue weighted by Gasteiger charge is 2.28. The van der Waals surface area contributed by atoms with Crippen LogP contribution in [-0.2, 0) is 11.3 Å². The maximum absolute atomic E-state index is 12.3. The van der Waals surface area contributed by atoms with Gasteiger partial charge >= 0.3 is 6.09 Å². The molecule has 0 bridgehead atoms. The number of carbonyl (C=O) groups is 1. The predicted octanol–water partition coefficient (Wildman–Crippen LogP) is 3.01. The predicted molar refractivity (Wildman–Crippen MR) is 110 cm³/mol. The van der Waals surface area contributed by atoms with Gasteiger partial charge in [-0.2, -0.15) is 5.26 Å². The maximum Gasteiger partial charge on any atom is 0.410 e. The molecule has 0 saturated carbocycles. The van der Waals surface area contributed by atoms with Crippen LogP contribution in [0.15, 0.2) is 29.3 Å². The molecule has 1 amide bonds. The van der Waals surface area contributed by atoms with Gasteiger partial charge in [0.15, 0.2) is 5.96 Å². The van der Waals surface area contributed by atoms with Gasteiger partial charge in [0.25, 0.3) is 0 Å². The molecule has 0 radical (unpaired) electrons. The standard InChI is InChI=1S/C21H31N5O2/c1-5-23-19(24-14-17-10-8-16(13-22)9-11-17)25-18-7-6-12-26(15-18)20(27)28-21(2,3)4/h8-11,18H,5-7,12,14-15H2,1-4H3,(H2,23,24,25). The summed E-state index contributed by atoms with van der Waals surface area (Å²) in [6.45, 7) is 10.2. The zero-order chi connectivity index (χ0) is 20.6. The van der Waals surface area contributed by atoms with Crippen molar-refractivity contribution < 1.29 is 9.53 Å². The van der Waals surface area contributed by atoms with Gasteiger partial charge in [-0.05, 0) is 58.2 Å². The Balaban J connectivity index is 1.96. The molecule has 0 aliphatic carbocycles. The van der Waals surface area contributed by atoms with Gasteiger partial charge in [0.2, 0.25) is 0 Å². The van der Waals surface area contributed by atoms with Gasteiger partial charge in [-0.1, -0.05) is 12.1 Å². The van der Waals surface area contributed by atoms with E-state index in [-0.39, 0.29) is 12.1 Å². The summed E-state index contributed by atoms with van der Waals surface area (Å²) in [4.78, 5) is 18.7. The van der Waals surface area contributed by atoms with Crippen molar-refractivity contribution in [2.75, 3.05) is 19.6 Å². The van der Waals surface area contributed by atoms with Crippen molar-refractivity contribution in [2.45, 2.75) is 58.7 Å². The summed E-state index contributed by atoms with van der Waals surface area (Å²) in [5.41, 5.74) is 1.19. The van der Waals surface area contributed by atoms with Gasteiger partial charge in [-0.15, -0.1) is 0 Å². The summed E-state index contributed by atoms with van der Waals surface area (Å²) in [6, 6.07) is 9.66. The second-order valence-electron chi connectivity index (χ2n) is 7.91. The number of nitrogens with one attached hydrogen (secondary N) is 2. The smallest absolute Gasteiger partial charge is 0.410 e. The molecule has 28 heavy (non-hydrogen) atoms. The third kappa shape index (κ3) is 7.10. The average molecular weight is 386 g/mol. The van der Waals surface area contributed by atoms with Crippen molar-refractivity contribution >= 4 is 12.1 Å². The second kappa shape index (κ2) is 9.98. The van der Waals surface area contributed by atoms with Crippen molar-refractivity contribution in [1.29, 1.82) is 5.26 Å². The van der Waals surface area contributed by atoms with E-state index < -0.39 is 5.60 Å². The SMILES string of the molecule is CCNC(=NCc1ccc(C#N)cc1)NC1CCCN(C(=O)OC(C)(C)C)C1. The number of hydrogen-bond donors (Lipinski definition) is 2. The van der Waals surface area contributed by atoms with Crippen molar-refractivity contribution in [3.8, 4) is 6.07 Å². The molecule has 0 spiro atoms. The van der Waals surface area contributed by atoms with Gasteiger partial charge in [0.05, 0.1) is 18.2 Å². The van der Waals surface area contributed by atoms with Gasteiger partial charge in [-0.3, -0.25) is 0 Å². The van der Waals surface area contributed by atoms with Crippen LogP contribution in [0.1, 0.15) is 51.7 Å². The Kier molecular flexibility index (Phi) is 7.68. The minimum absolute atomic E-state index is 0.125. The lowest BCUT2D eigenvalue weighted by Crippen LogP contribution is -2.53. The van der Waals surface area contributed by atoms with Crippen molar-refractivity contribution in [1.82, 2.24) is 15.5 Å². The van der Waals surface area contributed by atoms with Gasteiger partial charge in [-0.25, -0.2) is 9.79 Å². The molecule has 1 aliphatic heterocycles. The van der Waals surface area contributed by atoms with Crippen LogP contribution in [0, 0.1) is 11.3 Å². The first kappa shape index (κ1) is 21.5. The number of piperidine rings is 1. The third-order valence-electron chi connectivity index (χ3n) is 4.26. The Morgan fingerprint density at radius 3 is 2.68 bits per heavy atom. The van der Waals surface area contributed by atoms with Crippen LogP contribution in [0.4, 0.5) is 4.79 Å². The average Bonchev–Trinajstić information content (AvgIpc) is 2.65. The Hall–Kier alpha value is -2.75. The number of ether oxygens (including phenoxy) is 1. The van der Waals surface area contributed by atoms with Gasteiger partial charge in [0, 0.05) is 25.7 Å². The molecule has 1 aliphatic rings. The van der Waals surface area contributed by atoms with Crippen LogP contribution in [0.25, 0.3) is 0 Å². The summed E-state index contributed by atoms with van der Waals surface area (Å²) in [6.07, 6.45) is 1.63. The van der Waals surface area contributed by atoms with Crippen molar-refractivity contribution in [3.05, 3.63) is 35.4 Å². The number of carbonyl (C=O) groups excluding carboxylic acids is 1. The van der Waals surface area contributed by atoms with Crippen molar-refractivity contribution in [3.63, 3.8) is 0 Å². The Labute approximate surface area is 167 Å². The number of nitrogens with zero attached hydrogens (tertiary/aromatic N) is 3. The van der Waals surface area contributed by atoms with Crippen molar-refractivity contribution in [2.24, 2.45) is 4.99 Å². The zero-order valence-electron chi connectivity index (χ0n) is 17.3. The Morgan fingerprint density at radius 1 is 1.36 bits per heavy atom. The van der Waals surface area contributed by atoms with E-state index in [2.05, 4.69) is 21.7 Å². The lowest BCUT2D eigenvalue weighted by molar-refractivity contribution is 0.0193. The number of hydrogen-bond acceptors (Lipinski definition) is 4. The van der Waals surface area contributed by atoms with Gasteiger partial charge < -0.3 is 20.3 Å². The van der Waals surface area contributed by atoms with E-state index in [4.69, 9.17) is 10.00 Å². The number of aliphatic imine (C=N–C) groups is 1. The fraction of sp³-hybridized carbons (Fsp3) is 0.571. The van der Waals surface area contributed by atoms with Crippen LogP contribution in [0.5, 0.6) is 0 Å². The molecule has 152 valence electrons. The van der Waals surface area contributed by atoms with Crippen LogP contribution in [-0.4, -0.2) is 48.2 Å². The van der Waals surface area contributed by atoms with Gasteiger partial charge in [0.1, 0.15) is 5.60 Å². The van der Waals surface area contributed by atoms with E-state index in [1.807, 2.05) is 39.8 Å². The summed E-state index contributed by atoms with van der Waals surface area (Å²) < 4.78 is 5.49. The van der Waals surface area contributed by atoms with E-state index in [1.165, 1.54) is 0 Å². The molecule has 2 N–H and O–H groups in total. The minimum atomic E-state index is -0.491. The first-order valence-electron chi connectivity index (χ1n) is 9.82. The van der Waals surface area contributed by atoms with Crippen LogP contribution in [0.3, 0.4) is 0 Å². The largest absolute Gasteiger partial charge is 0.444 e. The third-order valence-corrected chi connectivity index (χ3v) is 4.26. The van der Waals surface area contributed by atoms with Crippen LogP contribution >= 0.6 is 0 Å². The first-order chi connectivity index (χ1) is 13.3. The molecule has 1 atom stereocenters. The molecule has 7 nitrogen and oxygen atoms in total. The Morgan fingerprint density at radius 2 is 2.07 bits per heavy atom. The molecule has 0 aromatic heterocycles. The lowest BCUT2D eigenvalue weighted by atomic mass is 10.1. The molecule has 7 heteroatoms. The number of guanidine groups is 1. The molecular weight excluding hydrogens is 354 g/mol. The summed E-state index contributed by atoms with van der Waals surface area (Å²) in [5, 5.41) is 15.6. The highest BCUT2D eigenvalue weighted by Crippen LogP contribution is 2.15. The van der Waals surface area contributed by atoms with E-state index in [1.54, 1.807) is 17.0 Å². The number of likely N-dealkylation sites (tertiary alicyclic amines) is 1. The number of benzene rings is 1. The monoisotopic (exact) mass is 385 g/mol. The summed E-state index contributed by atoms with van der Waals surface area (Å²) >= 11 is 0. The van der Waals surface area contributed by atoms with E-state index >= 15 is 0 Å². The second-order valence-corrected chi connectivity index (χ2v) is 7.91. The highest BCUT2D eigenvalue weighted by molar-refractivity contribution is 5.80.